The van der Waals surface area contributed by atoms with Crippen LogP contribution in [0.15, 0.2) is 12.1 Å². The molecule has 1 rings (SSSR count). The number of hydrogen-bond donors (Lipinski definition) is 1. The minimum Gasteiger partial charge on any atom is -0.496 e. The predicted molar refractivity (Wildman–Crippen MR) is 73.7 cm³/mol. The van der Waals surface area contributed by atoms with E-state index >= 15 is 0 Å². The van der Waals surface area contributed by atoms with Crippen molar-refractivity contribution in [2.24, 2.45) is 0 Å². The van der Waals surface area contributed by atoms with Crippen molar-refractivity contribution in [3.63, 3.8) is 0 Å². The quantitative estimate of drug-likeness (QED) is 0.868. The monoisotopic (exact) mass is 246 g/mol. The lowest BCUT2D eigenvalue weighted by molar-refractivity contribution is 0.407. The van der Waals surface area contributed by atoms with Gasteiger partial charge >= 0.3 is 0 Å². The minimum absolute atomic E-state index is 0.131. The van der Waals surface area contributed by atoms with Gasteiger partial charge in [-0.05, 0) is 42.5 Å². The summed E-state index contributed by atoms with van der Waals surface area (Å²) < 4.78 is 5.42. The molecule has 0 amide bonds. The first-order valence-electron chi connectivity index (χ1n) is 6.30. The highest BCUT2D eigenvalue weighted by molar-refractivity contribution is 5.43. The smallest absolute Gasteiger partial charge is 0.122 e. The zero-order chi connectivity index (χ0) is 13.7. The van der Waals surface area contributed by atoms with Crippen LogP contribution in [0.1, 0.15) is 43.4 Å². The maximum Gasteiger partial charge on any atom is 0.122 e. The van der Waals surface area contributed by atoms with Crippen molar-refractivity contribution >= 4 is 0 Å². The molecule has 1 unspecified atom stereocenters. The van der Waals surface area contributed by atoms with Gasteiger partial charge in [-0.2, -0.15) is 5.26 Å². The number of ether oxygens (including phenoxy) is 1. The first-order chi connectivity index (χ1) is 8.49. The number of nitriles is 1. The summed E-state index contributed by atoms with van der Waals surface area (Å²) in [6, 6.07) is 6.30. The van der Waals surface area contributed by atoms with Gasteiger partial charge in [-0.25, -0.2) is 0 Å². The molecule has 1 aromatic rings. The van der Waals surface area contributed by atoms with E-state index in [4.69, 9.17) is 10.00 Å². The molecule has 0 aliphatic rings. The molecule has 1 aromatic carbocycles. The Hall–Kier alpha value is -1.53. The molecule has 0 radical (unpaired) electrons. The summed E-state index contributed by atoms with van der Waals surface area (Å²) in [6.45, 7) is 8.96. The Morgan fingerprint density at radius 1 is 1.33 bits per heavy atom. The van der Waals surface area contributed by atoms with Crippen LogP contribution in [0.4, 0.5) is 0 Å². The molecular formula is C15H22N2O. The number of hydrogen-bond acceptors (Lipinski definition) is 3. The van der Waals surface area contributed by atoms with Crippen LogP contribution in [0.25, 0.3) is 0 Å². The fourth-order valence-corrected chi connectivity index (χ4v) is 1.87. The molecule has 0 spiro atoms. The number of nitrogens with zero attached hydrogens (tertiary/aromatic N) is 1. The van der Waals surface area contributed by atoms with Crippen molar-refractivity contribution in [2.75, 3.05) is 7.11 Å². The third-order valence-corrected chi connectivity index (χ3v) is 3.10. The Labute approximate surface area is 110 Å². The van der Waals surface area contributed by atoms with Gasteiger partial charge in [0.1, 0.15) is 5.75 Å². The first-order valence-corrected chi connectivity index (χ1v) is 6.30. The summed E-state index contributed by atoms with van der Waals surface area (Å²) in [7, 11) is 1.70. The van der Waals surface area contributed by atoms with Gasteiger partial charge in [0, 0.05) is 6.54 Å². The summed E-state index contributed by atoms with van der Waals surface area (Å²) in [5.74, 6) is 1.37. The standard InChI is InChI=1S/C15H22N2O/c1-10(2)14-7-13(9-17-12(4)8-16)11(3)6-15(14)18-5/h6-7,10,12,17H,9H2,1-5H3. The average Bonchev–Trinajstić information content (AvgIpc) is 2.35. The first kappa shape index (κ1) is 14.5. The molecule has 0 bridgehead atoms. The molecular weight excluding hydrogens is 224 g/mol. The molecule has 1 N–H and O–H groups in total. The third kappa shape index (κ3) is 3.48. The Kier molecular flexibility index (Phi) is 5.18. The van der Waals surface area contributed by atoms with Gasteiger partial charge in [0.2, 0.25) is 0 Å². The van der Waals surface area contributed by atoms with E-state index in [0.29, 0.717) is 12.5 Å². The van der Waals surface area contributed by atoms with Crippen LogP contribution in [0, 0.1) is 18.3 Å². The lowest BCUT2D eigenvalue weighted by atomic mass is 9.96. The second kappa shape index (κ2) is 6.42. The molecule has 0 saturated carbocycles. The normalized spacial score (nSPS) is 12.3. The van der Waals surface area contributed by atoms with Crippen molar-refractivity contribution in [2.45, 2.75) is 46.2 Å². The lowest BCUT2D eigenvalue weighted by Gasteiger charge is -2.17. The van der Waals surface area contributed by atoms with Crippen LogP contribution in [-0.4, -0.2) is 13.2 Å². The maximum absolute atomic E-state index is 8.77. The highest BCUT2D eigenvalue weighted by atomic mass is 16.5. The van der Waals surface area contributed by atoms with E-state index in [-0.39, 0.29) is 6.04 Å². The van der Waals surface area contributed by atoms with E-state index in [1.807, 2.05) is 6.92 Å². The number of methoxy groups -OCH3 is 1. The van der Waals surface area contributed by atoms with E-state index < -0.39 is 0 Å². The molecule has 0 saturated heterocycles. The van der Waals surface area contributed by atoms with Crippen molar-refractivity contribution in [3.8, 4) is 11.8 Å². The number of rotatable bonds is 5. The zero-order valence-corrected chi connectivity index (χ0v) is 11.9. The summed E-state index contributed by atoms with van der Waals surface area (Å²) in [5.41, 5.74) is 3.63. The topological polar surface area (TPSA) is 45.0 Å². The predicted octanol–water partition coefficient (Wildman–Crippen LogP) is 3.13. The van der Waals surface area contributed by atoms with Crippen LogP contribution in [0.5, 0.6) is 5.75 Å². The molecule has 18 heavy (non-hydrogen) atoms. The maximum atomic E-state index is 8.77. The van der Waals surface area contributed by atoms with Gasteiger partial charge in [-0.3, -0.25) is 5.32 Å². The van der Waals surface area contributed by atoms with E-state index in [1.165, 1.54) is 16.7 Å². The fraction of sp³-hybridized carbons (Fsp3) is 0.533. The van der Waals surface area contributed by atoms with E-state index in [2.05, 4.69) is 44.3 Å². The Balaban J connectivity index is 2.99. The van der Waals surface area contributed by atoms with Crippen LogP contribution < -0.4 is 10.1 Å². The van der Waals surface area contributed by atoms with Crippen molar-refractivity contribution in [1.29, 1.82) is 5.26 Å². The van der Waals surface area contributed by atoms with E-state index in [9.17, 15) is 0 Å². The van der Waals surface area contributed by atoms with Crippen molar-refractivity contribution < 1.29 is 4.74 Å². The van der Waals surface area contributed by atoms with Crippen LogP contribution >= 0.6 is 0 Å². The van der Waals surface area contributed by atoms with Crippen LogP contribution in [-0.2, 0) is 6.54 Å². The summed E-state index contributed by atoms with van der Waals surface area (Å²) >= 11 is 0. The molecule has 3 heteroatoms. The van der Waals surface area contributed by atoms with Gasteiger partial charge < -0.3 is 4.74 Å². The van der Waals surface area contributed by atoms with Gasteiger partial charge in [-0.15, -0.1) is 0 Å². The second-order valence-corrected chi connectivity index (χ2v) is 4.91. The van der Waals surface area contributed by atoms with Gasteiger partial charge in [-0.1, -0.05) is 19.9 Å². The molecule has 0 heterocycles. The van der Waals surface area contributed by atoms with Crippen molar-refractivity contribution in [3.05, 3.63) is 28.8 Å². The van der Waals surface area contributed by atoms with Crippen molar-refractivity contribution in [1.82, 2.24) is 5.32 Å². The van der Waals surface area contributed by atoms with Gasteiger partial charge in [0.15, 0.2) is 0 Å². The highest BCUT2D eigenvalue weighted by Crippen LogP contribution is 2.29. The molecule has 0 aromatic heterocycles. The third-order valence-electron chi connectivity index (χ3n) is 3.10. The van der Waals surface area contributed by atoms with E-state index in [1.54, 1.807) is 7.11 Å². The Bertz CT molecular complexity index is 447. The number of benzene rings is 1. The van der Waals surface area contributed by atoms with Crippen LogP contribution in [0.2, 0.25) is 0 Å². The minimum atomic E-state index is -0.131. The zero-order valence-electron chi connectivity index (χ0n) is 11.9. The van der Waals surface area contributed by atoms with Crippen LogP contribution in [0.3, 0.4) is 0 Å². The Morgan fingerprint density at radius 3 is 2.50 bits per heavy atom. The molecule has 0 aliphatic heterocycles. The van der Waals surface area contributed by atoms with Gasteiger partial charge in [0.25, 0.3) is 0 Å². The summed E-state index contributed by atoms with van der Waals surface area (Å²) in [4.78, 5) is 0. The highest BCUT2D eigenvalue weighted by Gasteiger charge is 2.11. The Morgan fingerprint density at radius 2 is 2.00 bits per heavy atom. The SMILES string of the molecule is COc1cc(C)c(CNC(C)C#N)cc1C(C)C. The lowest BCUT2D eigenvalue weighted by Crippen LogP contribution is -2.24. The second-order valence-electron chi connectivity index (χ2n) is 4.91. The summed E-state index contributed by atoms with van der Waals surface area (Å²) in [6.07, 6.45) is 0. The number of aryl methyl sites for hydroxylation is 1. The van der Waals surface area contributed by atoms with Gasteiger partial charge in [0.05, 0.1) is 19.2 Å². The van der Waals surface area contributed by atoms with E-state index in [0.717, 1.165) is 5.75 Å². The summed E-state index contributed by atoms with van der Waals surface area (Å²) in [5, 5.41) is 12.0. The molecule has 0 fully saturated rings. The average molecular weight is 246 g/mol. The molecule has 3 nitrogen and oxygen atoms in total. The molecule has 98 valence electrons. The largest absolute Gasteiger partial charge is 0.496 e. The number of nitrogens with one attached hydrogen (secondary N) is 1. The molecule has 1 atom stereocenters. The molecule has 0 aliphatic carbocycles. The fourth-order valence-electron chi connectivity index (χ4n) is 1.87.